The Bertz CT molecular complexity index is 800. The van der Waals surface area contributed by atoms with Crippen LogP contribution in [0, 0.1) is 26.6 Å². The van der Waals surface area contributed by atoms with Crippen LogP contribution in [-0.2, 0) is 12.4 Å². The van der Waals surface area contributed by atoms with Crippen LogP contribution >= 0.6 is 22.9 Å². The van der Waals surface area contributed by atoms with Crippen molar-refractivity contribution in [2.75, 3.05) is 0 Å². The number of aromatic nitrogens is 2. The number of alkyl halides is 1. The Labute approximate surface area is 132 Å². The van der Waals surface area contributed by atoms with E-state index >= 15 is 0 Å². The molecule has 0 spiro atoms. The molecule has 3 aromatic rings. The minimum atomic E-state index is -0.226. The summed E-state index contributed by atoms with van der Waals surface area (Å²) in [5, 5.41) is 0. The van der Waals surface area contributed by atoms with Crippen molar-refractivity contribution in [3.05, 3.63) is 50.7 Å². The SMILES string of the molecule is Cc1cc2c(cc1F)nc(CCl)n2Cc1cc(C)c(C)s1. The van der Waals surface area contributed by atoms with Gasteiger partial charge in [-0.3, -0.25) is 0 Å². The molecule has 2 aromatic heterocycles. The molecule has 0 atom stereocenters. The Balaban J connectivity index is 2.13. The minimum absolute atomic E-state index is 0.226. The van der Waals surface area contributed by atoms with Gasteiger partial charge in [-0.05, 0) is 44.0 Å². The summed E-state index contributed by atoms with van der Waals surface area (Å²) in [6, 6.07) is 5.53. The van der Waals surface area contributed by atoms with Crippen molar-refractivity contribution < 1.29 is 4.39 Å². The number of fused-ring (bicyclic) bond motifs is 1. The van der Waals surface area contributed by atoms with Gasteiger partial charge in [0, 0.05) is 15.8 Å². The Morgan fingerprint density at radius 2 is 1.95 bits per heavy atom. The first kappa shape index (κ1) is 14.5. The number of halogens is 2. The molecule has 0 saturated heterocycles. The van der Waals surface area contributed by atoms with Crippen LogP contribution in [0.2, 0.25) is 0 Å². The van der Waals surface area contributed by atoms with E-state index in [2.05, 4.69) is 29.5 Å². The molecule has 0 aliphatic heterocycles. The molecule has 2 heterocycles. The zero-order valence-electron chi connectivity index (χ0n) is 12.2. The van der Waals surface area contributed by atoms with Crippen molar-refractivity contribution >= 4 is 34.0 Å². The lowest BCUT2D eigenvalue weighted by molar-refractivity contribution is 0.620. The Hall–Kier alpha value is -1.39. The first-order valence-corrected chi connectivity index (χ1v) is 8.12. The molecule has 21 heavy (non-hydrogen) atoms. The number of rotatable bonds is 3. The molecular formula is C16H16ClFN2S. The molecule has 3 rings (SSSR count). The number of imidazole rings is 1. The standard InChI is InChI=1S/C16H16ClFN2S/c1-9-4-12(21-11(9)3)8-20-15-5-10(2)13(18)6-14(15)19-16(20)7-17/h4-6H,7-8H2,1-3H3. The van der Waals surface area contributed by atoms with Crippen LogP contribution < -0.4 is 0 Å². The fourth-order valence-electron chi connectivity index (χ4n) is 2.46. The number of nitrogens with zero attached hydrogens (tertiary/aromatic N) is 2. The van der Waals surface area contributed by atoms with Gasteiger partial charge in [-0.2, -0.15) is 0 Å². The van der Waals surface area contributed by atoms with Crippen molar-refractivity contribution in [3.63, 3.8) is 0 Å². The number of thiophene rings is 1. The summed E-state index contributed by atoms with van der Waals surface area (Å²) in [7, 11) is 0. The highest BCUT2D eigenvalue weighted by molar-refractivity contribution is 7.12. The topological polar surface area (TPSA) is 17.8 Å². The van der Waals surface area contributed by atoms with Crippen molar-refractivity contribution in [1.82, 2.24) is 9.55 Å². The second-order valence-corrected chi connectivity index (χ2v) is 6.90. The summed E-state index contributed by atoms with van der Waals surface area (Å²) in [6.07, 6.45) is 0. The maximum atomic E-state index is 13.7. The predicted molar refractivity (Wildman–Crippen MR) is 86.9 cm³/mol. The molecule has 0 N–H and O–H groups in total. The van der Waals surface area contributed by atoms with E-state index in [0.29, 0.717) is 17.0 Å². The maximum absolute atomic E-state index is 13.7. The average Bonchev–Trinajstić information content (AvgIpc) is 2.92. The van der Waals surface area contributed by atoms with Crippen LogP contribution in [0.4, 0.5) is 4.39 Å². The van der Waals surface area contributed by atoms with E-state index in [0.717, 1.165) is 17.9 Å². The average molecular weight is 323 g/mol. The third kappa shape index (κ3) is 2.58. The number of aryl methyl sites for hydroxylation is 3. The molecule has 0 bridgehead atoms. The largest absolute Gasteiger partial charge is 0.322 e. The van der Waals surface area contributed by atoms with E-state index in [4.69, 9.17) is 11.6 Å². The van der Waals surface area contributed by atoms with E-state index in [1.165, 1.54) is 21.4 Å². The van der Waals surface area contributed by atoms with Gasteiger partial charge in [0.2, 0.25) is 0 Å². The molecule has 0 aliphatic carbocycles. The molecular weight excluding hydrogens is 307 g/mol. The van der Waals surface area contributed by atoms with E-state index in [9.17, 15) is 4.39 Å². The molecule has 0 fully saturated rings. The third-order valence-electron chi connectivity index (χ3n) is 3.76. The van der Waals surface area contributed by atoms with Crippen LogP contribution in [0.25, 0.3) is 11.0 Å². The quantitative estimate of drug-likeness (QED) is 0.624. The Kier molecular flexibility index (Phi) is 3.76. The zero-order valence-corrected chi connectivity index (χ0v) is 13.8. The molecule has 0 unspecified atom stereocenters. The lowest BCUT2D eigenvalue weighted by Gasteiger charge is -2.06. The van der Waals surface area contributed by atoms with Gasteiger partial charge in [-0.15, -0.1) is 22.9 Å². The van der Waals surface area contributed by atoms with E-state index in [-0.39, 0.29) is 5.82 Å². The summed E-state index contributed by atoms with van der Waals surface area (Å²) in [5.41, 5.74) is 3.53. The fourth-order valence-corrected chi connectivity index (χ4v) is 3.71. The molecule has 5 heteroatoms. The highest BCUT2D eigenvalue weighted by atomic mass is 35.5. The molecule has 1 aromatic carbocycles. The van der Waals surface area contributed by atoms with Crippen LogP contribution in [0.1, 0.15) is 26.7 Å². The van der Waals surface area contributed by atoms with Gasteiger partial charge in [0.1, 0.15) is 11.6 Å². The fraction of sp³-hybridized carbons (Fsp3) is 0.312. The van der Waals surface area contributed by atoms with Gasteiger partial charge in [0.25, 0.3) is 0 Å². The number of benzene rings is 1. The molecule has 2 nitrogen and oxygen atoms in total. The molecule has 0 aliphatic rings. The van der Waals surface area contributed by atoms with E-state index in [1.54, 1.807) is 18.3 Å². The van der Waals surface area contributed by atoms with Gasteiger partial charge in [-0.1, -0.05) is 0 Å². The van der Waals surface area contributed by atoms with Crippen molar-refractivity contribution in [2.45, 2.75) is 33.2 Å². The number of hydrogen-bond donors (Lipinski definition) is 0. The molecule has 110 valence electrons. The number of hydrogen-bond acceptors (Lipinski definition) is 2. The molecule has 0 saturated carbocycles. The van der Waals surface area contributed by atoms with Gasteiger partial charge in [0.05, 0.1) is 23.5 Å². The van der Waals surface area contributed by atoms with Crippen LogP contribution in [0.5, 0.6) is 0 Å². The monoisotopic (exact) mass is 322 g/mol. The summed E-state index contributed by atoms with van der Waals surface area (Å²) >= 11 is 7.79. The minimum Gasteiger partial charge on any atom is -0.322 e. The van der Waals surface area contributed by atoms with Gasteiger partial charge in [-0.25, -0.2) is 9.37 Å². The van der Waals surface area contributed by atoms with Crippen molar-refractivity contribution in [2.24, 2.45) is 0 Å². The highest BCUT2D eigenvalue weighted by Crippen LogP contribution is 2.26. The first-order valence-electron chi connectivity index (χ1n) is 6.76. The van der Waals surface area contributed by atoms with Gasteiger partial charge in [0.15, 0.2) is 0 Å². The highest BCUT2D eigenvalue weighted by Gasteiger charge is 2.14. The van der Waals surface area contributed by atoms with Crippen LogP contribution in [-0.4, -0.2) is 9.55 Å². The molecule has 0 amide bonds. The first-order chi connectivity index (χ1) is 9.99. The summed E-state index contributed by atoms with van der Waals surface area (Å²) in [4.78, 5) is 7.04. The third-order valence-corrected chi connectivity index (χ3v) is 5.13. The van der Waals surface area contributed by atoms with Crippen molar-refractivity contribution in [3.8, 4) is 0 Å². The summed E-state index contributed by atoms with van der Waals surface area (Å²) in [6.45, 7) is 6.73. The Morgan fingerprint density at radius 3 is 2.57 bits per heavy atom. The lowest BCUT2D eigenvalue weighted by Crippen LogP contribution is -2.02. The second-order valence-electron chi connectivity index (χ2n) is 5.29. The second kappa shape index (κ2) is 5.43. The summed E-state index contributed by atoms with van der Waals surface area (Å²) < 4.78 is 15.8. The van der Waals surface area contributed by atoms with Crippen LogP contribution in [0.15, 0.2) is 18.2 Å². The van der Waals surface area contributed by atoms with E-state index < -0.39 is 0 Å². The zero-order chi connectivity index (χ0) is 15.1. The Morgan fingerprint density at radius 1 is 1.19 bits per heavy atom. The lowest BCUT2D eigenvalue weighted by atomic mass is 10.2. The molecule has 0 radical (unpaired) electrons. The summed E-state index contributed by atoms with van der Waals surface area (Å²) in [5.74, 6) is 0.870. The maximum Gasteiger partial charge on any atom is 0.128 e. The van der Waals surface area contributed by atoms with E-state index in [1.807, 2.05) is 6.07 Å². The van der Waals surface area contributed by atoms with Crippen molar-refractivity contribution in [1.29, 1.82) is 0 Å². The smallest absolute Gasteiger partial charge is 0.128 e. The van der Waals surface area contributed by atoms with Crippen LogP contribution in [0.3, 0.4) is 0 Å². The van der Waals surface area contributed by atoms with Gasteiger partial charge >= 0.3 is 0 Å². The normalized spacial score (nSPS) is 11.5. The van der Waals surface area contributed by atoms with Gasteiger partial charge < -0.3 is 4.57 Å². The predicted octanol–water partition coefficient (Wildman–Crippen LogP) is 4.95.